The maximum atomic E-state index is 12.0. The first-order chi connectivity index (χ1) is 9.35. The fourth-order valence-electron chi connectivity index (χ4n) is 2.31. The monoisotopic (exact) mass is 296 g/mol. The second-order valence-corrected chi connectivity index (χ2v) is 6.52. The number of halogens is 1. The Balaban J connectivity index is 1.89. The van der Waals surface area contributed by atoms with Crippen LogP contribution in [0.25, 0.3) is 0 Å². The van der Waals surface area contributed by atoms with Gasteiger partial charge in [0.25, 0.3) is 0 Å². The molecule has 0 N–H and O–H groups in total. The molecule has 0 spiro atoms. The molecule has 110 valence electrons. The minimum Gasteiger partial charge on any atom is -0.460 e. The van der Waals surface area contributed by atoms with E-state index < -0.39 is 5.60 Å². The average molecular weight is 297 g/mol. The number of esters is 1. The van der Waals surface area contributed by atoms with Crippen molar-refractivity contribution in [3.63, 3.8) is 0 Å². The Hall–Kier alpha value is -1.29. The van der Waals surface area contributed by atoms with Crippen LogP contribution in [-0.4, -0.2) is 29.6 Å². The molecule has 5 heteroatoms. The highest BCUT2D eigenvalue weighted by Crippen LogP contribution is 2.25. The predicted molar refractivity (Wildman–Crippen MR) is 80.0 cm³/mol. The third kappa shape index (κ3) is 4.10. The van der Waals surface area contributed by atoms with Crippen LogP contribution >= 0.6 is 11.6 Å². The van der Waals surface area contributed by atoms with Crippen LogP contribution in [0, 0.1) is 5.92 Å². The second-order valence-electron chi connectivity index (χ2n) is 6.13. The molecule has 0 aliphatic carbocycles. The van der Waals surface area contributed by atoms with E-state index in [1.54, 1.807) is 12.3 Å². The van der Waals surface area contributed by atoms with Crippen molar-refractivity contribution in [2.45, 2.75) is 39.2 Å². The number of carbonyl (C=O) groups excluding carboxylic acids is 1. The summed E-state index contributed by atoms with van der Waals surface area (Å²) in [6.45, 7) is 7.39. The molecule has 1 aromatic heterocycles. The zero-order valence-electron chi connectivity index (χ0n) is 12.2. The average Bonchev–Trinajstić information content (AvgIpc) is 2.38. The van der Waals surface area contributed by atoms with Gasteiger partial charge >= 0.3 is 5.97 Å². The normalized spacial score (nSPS) is 17.1. The van der Waals surface area contributed by atoms with Gasteiger partial charge in [-0.15, -0.1) is 0 Å². The molecule has 1 saturated heterocycles. The Morgan fingerprint density at radius 3 is 2.50 bits per heavy atom. The van der Waals surface area contributed by atoms with Crippen LogP contribution in [0.2, 0.25) is 5.15 Å². The lowest BCUT2D eigenvalue weighted by molar-refractivity contribution is -0.160. The van der Waals surface area contributed by atoms with Gasteiger partial charge in [-0.1, -0.05) is 11.6 Å². The van der Waals surface area contributed by atoms with Crippen molar-refractivity contribution in [2.24, 2.45) is 5.92 Å². The molecule has 0 radical (unpaired) electrons. The number of nitrogens with zero attached hydrogens (tertiary/aromatic N) is 2. The summed E-state index contributed by atoms with van der Waals surface area (Å²) < 4.78 is 5.45. The van der Waals surface area contributed by atoms with Crippen molar-refractivity contribution in [3.8, 4) is 0 Å². The number of pyridine rings is 1. The lowest BCUT2D eigenvalue weighted by Crippen LogP contribution is -2.38. The topological polar surface area (TPSA) is 42.4 Å². The molecule has 0 aromatic carbocycles. The number of rotatable bonds is 2. The van der Waals surface area contributed by atoms with Gasteiger partial charge in [-0.3, -0.25) is 4.79 Å². The summed E-state index contributed by atoms with van der Waals surface area (Å²) in [4.78, 5) is 18.3. The third-order valence-corrected chi connectivity index (χ3v) is 3.54. The lowest BCUT2D eigenvalue weighted by atomic mass is 9.96. The number of anilines is 1. The van der Waals surface area contributed by atoms with Gasteiger partial charge in [0.05, 0.1) is 17.8 Å². The minimum absolute atomic E-state index is 0.00531. The summed E-state index contributed by atoms with van der Waals surface area (Å²) in [6, 6.07) is 3.75. The highest BCUT2D eigenvalue weighted by Gasteiger charge is 2.29. The quantitative estimate of drug-likeness (QED) is 0.620. The van der Waals surface area contributed by atoms with Crippen LogP contribution < -0.4 is 4.90 Å². The summed E-state index contributed by atoms with van der Waals surface area (Å²) >= 11 is 5.79. The SMILES string of the molecule is CC(C)(C)OC(=O)C1CCN(c2ccc(Cl)nc2)CC1. The van der Waals surface area contributed by atoms with E-state index in [0.717, 1.165) is 31.6 Å². The molecule has 0 atom stereocenters. The Morgan fingerprint density at radius 2 is 2.00 bits per heavy atom. The Labute approximate surface area is 125 Å². The molecule has 1 fully saturated rings. The van der Waals surface area contributed by atoms with Crippen LogP contribution in [0.5, 0.6) is 0 Å². The molecule has 0 saturated carbocycles. The first kappa shape index (κ1) is 15.1. The summed E-state index contributed by atoms with van der Waals surface area (Å²) in [5, 5.41) is 0.498. The molecule has 1 aliphatic heterocycles. The van der Waals surface area contributed by atoms with Gasteiger partial charge in [0, 0.05) is 13.1 Å². The molecule has 1 aliphatic rings. The minimum atomic E-state index is -0.408. The van der Waals surface area contributed by atoms with Crippen molar-refractivity contribution in [1.29, 1.82) is 0 Å². The van der Waals surface area contributed by atoms with Gasteiger partial charge in [0.2, 0.25) is 0 Å². The molecule has 4 nitrogen and oxygen atoms in total. The van der Waals surface area contributed by atoms with E-state index in [0.29, 0.717) is 5.15 Å². The first-order valence-electron chi connectivity index (χ1n) is 6.94. The van der Waals surface area contributed by atoms with Gasteiger partial charge < -0.3 is 9.64 Å². The van der Waals surface area contributed by atoms with Crippen molar-refractivity contribution >= 4 is 23.3 Å². The van der Waals surface area contributed by atoms with Crippen molar-refractivity contribution in [1.82, 2.24) is 4.98 Å². The van der Waals surface area contributed by atoms with E-state index in [1.807, 2.05) is 26.8 Å². The fourth-order valence-corrected chi connectivity index (χ4v) is 2.43. The predicted octanol–water partition coefficient (Wildman–Crippen LogP) is 3.29. The maximum absolute atomic E-state index is 12.0. The Morgan fingerprint density at radius 1 is 1.35 bits per heavy atom. The number of hydrogen-bond donors (Lipinski definition) is 0. The smallest absolute Gasteiger partial charge is 0.309 e. The Kier molecular flexibility index (Phi) is 4.53. The number of ether oxygens (including phenoxy) is 1. The van der Waals surface area contributed by atoms with Crippen LogP contribution in [0.15, 0.2) is 18.3 Å². The van der Waals surface area contributed by atoms with Crippen LogP contribution in [0.1, 0.15) is 33.6 Å². The number of aromatic nitrogens is 1. The van der Waals surface area contributed by atoms with Crippen LogP contribution in [0.4, 0.5) is 5.69 Å². The van der Waals surface area contributed by atoms with Gasteiger partial charge in [-0.05, 0) is 45.7 Å². The number of hydrogen-bond acceptors (Lipinski definition) is 4. The molecule has 2 rings (SSSR count). The molecule has 20 heavy (non-hydrogen) atoms. The summed E-state index contributed by atoms with van der Waals surface area (Å²) in [6.07, 6.45) is 3.41. The summed E-state index contributed by atoms with van der Waals surface area (Å²) in [5.41, 5.74) is 0.644. The van der Waals surface area contributed by atoms with Crippen molar-refractivity contribution in [2.75, 3.05) is 18.0 Å². The largest absolute Gasteiger partial charge is 0.460 e. The zero-order valence-corrected chi connectivity index (χ0v) is 13.0. The summed E-state index contributed by atoms with van der Waals surface area (Å²) in [7, 11) is 0. The number of carbonyl (C=O) groups is 1. The van der Waals surface area contributed by atoms with Gasteiger partial charge in [0.1, 0.15) is 10.8 Å². The van der Waals surface area contributed by atoms with Crippen molar-refractivity contribution < 1.29 is 9.53 Å². The van der Waals surface area contributed by atoms with Gasteiger partial charge in [0.15, 0.2) is 0 Å². The highest BCUT2D eigenvalue weighted by atomic mass is 35.5. The molecular formula is C15H21ClN2O2. The molecular weight excluding hydrogens is 276 g/mol. The maximum Gasteiger partial charge on any atom is 0.309 e. The van der Waals surface area contributed by atoms with Crippen molar-refractivity contribution in [3.05, 3.63) is 23.5 Å². The molecule has 0 bridgehead atoms. The van der Waals surface area contributed by atoms with Crippen LogP contribution in [-0.2, 0) is 9.53 Å². The molecule has 2 heterocycles. The van der Waals surface area contributed by atoms with E-state index >= 15 is 0 Å². The van der Waals surface area contributed by atoms with E-state index in [1.165, 1.54) is 0 Å². The Bertz CT molecular complexity index is 460. The van der Waals surface area contributed by atoms with E-state index in [9.17, 15) is 4.79 Å². The first-order valence-corrected chi connectivity index (χ1v) is 7.32. The van der Waals surface area contributed by atoms with Crippen LogP contribution in [0.3, 0.4) is 0 Å². The second kappa shape index (κ2) is 6.00. The molecule has 1 aromatic rings. The van der Waals surface area contributed by atoms with Gasteiger partial charge in [-0.2, -0.15) is 0 Å². The standard InChI is InChI=1S/C15H21ClN2O2/c1-15(2,3)20-14(19)11-6-8-18(9-7-11)12-4-5-13(16)17-10-12/h4-5,10-11H,6-9H2,1-3H3. The number of piperidine rings is 1. The zero-order chi connectivity index (χ0) is 14.8. The third-order valence-electron chi connectivity index (χ3n) is 3.31. The molecule has 0 amide bonds. The van der Waals surface area contributed by atoms with Gasteiger partial charge in [-0.25, -0.2) is 4.98 Å². The van der Waals surface area contributed by atoms with E-state index in [4.69, 9.17) is 16.3 Å². The van der Waals surface area contributed by atoms with E-state index in [-0.39, 0.29) is 11.9 Å². The highest BCUT2D eigenvalue weighted by molar-refractivity contribution is 6.29. The lowest BCUT2D eigenvalue weighted by Gasteiger charge is -2.33. The fraction of sp³-hybridized carbons (Fsp3) is 0.600. The molecule has 0 unspecified atom stereocenters. The van der Waals surface area contributed by atoms with E-state index in [2.05, 4.69) is 9.88 Å². The summed E-state index contributed by atoms with van der Waals surface area (Å²) in [5.74, 6) is -0.0721.